The van der Waals surface area contributed by atoms with Gasteiger partial charge < -0.3 is 139 Å². The molecule has 104 heavy (non-hydrogen) atoms. The van der Waals surface area contributed by atoms with Crippen molar-refractivity contribution in [2.24, 2.45) is 0 Å². The van der Waals surface area contributed by atoms with Gasteiger partial charge in [-0.15, -0.1) is 0 Å². The predicted octanol–water partition coefficient (Wildman–Crippen LogP) is 0.515. The van der Waals surface area contributed by atoms with Crippen molar-refractivity contribution in [1.29, 1.82) is 0 Å². The summed E-state index contributed by atoms with van der Waals surface area (Å²) in [6.07, 6.45) is -22.1. The van der Waals surface area contributed by atoms with Crippen LogP contribution in [-0.4, -0.2) is 284 Å². The van der Waals surface area contributed by atoms with Crippen LogP contribution in [0.1, 0.15) is 146 Å². The van der Waals surface area contributed by atoms with E-state index in [0.717, 1.165) is 66.8 Å². The van der Waals surface area contributed by atoms with Crippen LogP contribution in [0.2, 0.25) is 0 Å². The average Bonchev–Trinajstić information content (AvgIpc) is 0.769. The number of rotatable bonds is 36. The topological polar surface area (TPSA) is 434 Å². The Hall–Kier alpha value is -4.88. The maximum Gasteiger partial charge on any atom is 0.186 e. The largest absolute Gasteiger partial charge is 0.493 e. The first-order valence-corrected chi connectivity index (χ1v) is 37.0. The molecule has 28 heteroatoms. The molecular weight excluding hydrogens is 1360 g/mol. The van der Waals surface area contributed by atoms with Gasteiger partial charge in [-0.1, -0.05) is 76.2 Å². The number of fused-ring (bicyclic) bond motifs is 8. The van der Waals surface area contributed by atoms with Crippen molar-refractivity contribution < 1.29 is 139 Å². The van der Waals surface area contributed by atoms with Crippen LogP contribution < -0.4 is 18.9 Å². The van der Waals surface area contributed by atoms with E-state index in [1.807, 2.05) is 27.7 Å². The highest BCUT2D eigenvalue weighted by Crippen LogP contribution is 2.42. The summed E-state index contributed by atoms with van der Waals surface area (Å²) in [6.45, 7) is 7.22. The number of hydrogen-bond acceptors (Lipinski definition) is 28. The molecule has 4 heterocycles. The summed E-state index contributed by atoms with van der Waals surface area (Å²) in [6, 6.07) is 16.9. The van der Waals surface area contributed by atoms with Crippen LogP contribution in [0.3, 0.4) is 0 Å². The lowest BCUT2D eigenvalue weighted by Gasteiger charge is -2.39. The monoisotopic (exact) mass is 1470 g/mol. The molecule has 1 aliphatic carbocycles. The summed E-state index contributed by atoms with van der Waals surface area (Å²) in [5.74, 6) is 2.57. The first-order valence-electron chi connectivity index (χ1n) is 37.0. The van der Waals surface area contributed by atoms with E-state index in [1.54, 1.807) is 0 Å². The van der Waals surface area contributed by atoms with Crippen LogP contribution >= 0.6 is 0 Å². The van der Waals surface area contributed by atoms with Crippen LogP contribution in [0.4, 0.5) is 0 Å². The lowest BCUT2D eigenvalue weighted by molar-refractivity contribution is -0.301. The van der Waals surface area contributed by atoms with E-state index >= 15 is 0 Å². The van der Waals surface area contributed by atoms with Crippen molar-refractivity contribution >= 4 is 0 Å². The Morgan fingerprint density at radius 2 is 0.452 bits per heavy atom. The molecule has 4 saturated heterocycles. The summed E-state index contributed by atoms with van der Waals surface area (Å²) in [4.78, 5) is 0. The van der Waals surface area contributed by atoms with Crippen LogP contribution in [0.25, 0.3) is 0 Å². The van der Waals surface area contributed by atoms with E-state index in [-0.39, 0.29) is 52.1 Å². The quantitative estimate of drug-likeness (QED) is 0.0243. The number of benzene rings is 4. The lowest BCUT2D eigenvalue weighted by Crippen LogP contribution is -2.59. The minimum absolute atomic E-state index is 0.0458. The summed E-state index contributed by atoms with van der Waals surface area (Å²) < 4.78 is 74.9. The Kier molecular flexibility index (Phi) is 32.4. The number of aliphatic hydroxyl groups is 16. The lowest BCUT2D eigenvalue weighted by atomic mass is 9.87. The number of ether oxygens (including phenoxy) is 12. The molecule has 0 spiro atoms. The molecule has 9 rings (SSSR count). The standard InChI is InChI=1S/C76H112O28/c1-5-17-93-69-45-25-41(13-9-21-97-73-65(89)61(85)57(81)53(37-77)101-73)26-46(69)34-48-28-43(15-11-23-99-75-67(91)63(87)59(83)55(39-79)103-75)30-50(71(48)95-19-7-3)36-52-32-44(16-12-24-100-76-68(92)64(88)60(84)56(40-80)104-76)31-51(72(52)96-20-8-4)35-49-29-42(27-47(33-45)70(49)94-18-6-2)14-10-22-98-74-66(90)62(86)58(82)54(38-78)102-74/h25-32,53-68,73-92H,5-24,33-40H2,1-4H3/t53-,54-,55-,56-,57+,58+,59+,60+,61+,62+,63+,64+,65-,66-,67-,68-,73-,74-,75-,76-/m1/s1. The van der Waals surface area contributed by atoms with E-state index in [1.165, 1.54) is 0 Å². The molecule has 4 aromatic rings. The SMILES string of the molecule is CCCOc1c2cc(CCCO[C@@H]3O[C@H](CO)[C@H](O)[C@H](O)[C@H]3O)cc1Cc1cc(CCCO[C@@H]3O[C@H](CO)[C@H](O)[C@H](O)[C@H]3O)cc(c1OCCC)Cc1cc(CCCO[C@@H]3O[C@H](CO)[C@H](O)[C@H](O)[C@H]3O)cc(c1OCCC)Cc1cc(CCCO[C@@H]3O[C@H](CO)[C@H](O)[C@H](O)[C@H]3O)cc(c1OCCC)C2. The zero-order valence-electron chi connectivity index (χ0n) is 60.0. The molecule has 16 N–H and O–H groups in total. The van der Waals surface area contributed by atoms with Crippen LogP contribution in [0, 0.1) is 0 Å². The normalized spacial score (nSPS) is 30.1. The van der Waals surface area contributed by atoms with Gasteiger partial charge in [-0.05, 0) is 144 Å². The second kappa shape index (κ2) is 40.5. The maximum absolute atomic E-state index is 10.9. The average molecular weight is 1470 g/mol. The van der Waals surface area contributed by atoms with Crippen LogP contribution in [-0.2, 0) is 89.3 Å². The highest BCUT2D eigenvalue weighted by atomic mass is 16.7. The number of aryl methyl sites for hydroxylation is 4. The van der Waals surface area contributed by atoms with E-state index in [2.05, 4.69) is 48.5 Å². The van der Waals surface area contributed by atoms with Crippen LogP contribution in [0.5, 0.6) is 23.0 Å². The molecule has 28 nitrogen and oxygen atoms in total. The third kappa shape index (κ3) is 20.9. The number of aliphatic hydroxyl groups excluding tert-OH is 16. The molecule has 4 aliphatic heterocycles. The Morgan fingerprint density at radius 3 is 0.615 bits per heavy atom. The van der Waals surface area contributed by atoms with Crippen LogP contribution in [0.15, 0.2) is 48.5 Å². The summed E-state index contributed by atoms with van der Waals surface area (Å²) in [5, 5.41) is 168. The van der Waals surface area contributed by atoms with Gasteiger partial charge in [0.2, 0.25) is 0 Å². The molecule has 4 fully saturated rings. The Balaban J connectivity index is 1.19. The molecule has 584 valence electrons. The first-order chi connectivity index (χ1) is 50.2. The molecule has 0 unspecified atom stereocenters. The molecule has 0 amide bonds. The molecule has 0 aromatic heterocycles. The summed E-state index contributed by atoms with van der Waals surface area (Å²) in [5.41, 5.74) is 10.2. The van der Waals surface area contributed by atoms with Gasteiger partial charge >= 0.3 is 0 Å². The Morgan fingerprint density at radius 1 is 0.269 bits per heavy atom. The van der Waals surface area contributed by atoms with E-state index in [9.17, 15) is 81.7 Å². The molecule has 5 aliphatic rings. The molecule has 0 radical (unpaired) electrons. The summed E-state index contributed by atoms with van der Waals surface area (Å²) >= 11 is 0. The van der Waals surface area contributed by atoms with Gasteiger partial charge in [0, 0.05) is 25.7 Å². The molecule has 0 saturated carbocycles. The van der Waals surface area contributed by atoms with Gasteiger partial charge in [0.1, 0.15) is 121 Å². The van der Waals surface area contributed by atoms with Gasteiger partial charge in [0.15, 0.2) is 25.2 Å². The third-order valence-corrected chi connectivity index (χ3v) is 19.5. The van der Waals surface area contributed by atoms with Gasteiger partial charge in [-0.25, -0.2) is 0 Å². The maximum atomic E-state index is 10.9. The van der Waals surface area contributed by atoms with Crippen molar-refractivity contribution in [3.05, 3.63) is 115 Å². The van der Waals surface area contributed by atoms with Crippen molar-refractivity contribution in [2.75, 3.05) is 79.3 Å². The fourth-order valence-corrected chi connectivity index (χ4v) is 14.0. The smallest absolute Gasteiger partial charge is 0.186 e. The summed E-state index contributed by atoms with van der Waals surface area (Å²) in [7, 11) is 0. The fraction of sp³-hybridized carbons (Fsp3) is 0.684. The first kappa shape index (κ1) is 83.2. The van der Waals surface area contributed by atoms with Gasteiger partial charge in [0.25, 0.3) is 0 Å². The van der Waals surface area contributed by atoms with E-state index in [4.69, 9.17) is 56.8 Å². The molecular formula is C76H112O28. The van der Waals surface area contributed by atoms with Crippen molar-refractivity contribution in [3.63, 3.8) is 0 Å². The number of hydrogen-bond donors (Lipinski definition) is 16. The van der Waals surface area contributed by atoms with Gasteiger partial charge in [-0.2, -0.15) is 0 Å². The molecule has 20 atom stereocenters. The molecule has 4 aromatic carbocycles. The highest BCUT2D eigenvalue weighted by molar-refractivity contribution is 5.59. The fourth-order valence-electron chi connectivity index (χ4n) is 14.0. The second-order valence-corrected chi connectivity index (χ2v) is 27.8. The van der Waals surface area contributed by atoms with Crippen molar-refractivity contribution in [3.8, 4) is 23.0 Å². The third-order valence-electron chi connectivity index (χ3n) is 19.5. The van der Waals surface area contributed by atoms with E-state index < -0.39 is 149 Å². The minimum atomic E-state index is -1.63. The van der Waals surface area contributed by atoms with Gasteiger partial charge in [0.05, 0.1) is 79.3 Å². The molecule has 8 bridgehead atoms. The van der Waals surface area contributed by atoms with E-state index in [0.29, 0.717) is 126 Å². The highest BCUT2D eigenvalue weighted by Gasteiger charge is 2.48. The zero-order valence-corrected chi connectivity index (χ0v) is 60.0. The second-order valence-electron chi connectivity index (χ2n) is 27.8. The Bertz CT molecular complexity index is 2740. The van der Waals surface area contributed by atoms with Gasteiger partial charge in [-0.3, -0.25) is 0 Å². The van der Waals surface area contributed by atoms with Crippen molar-refractivity contribution in [1.82, 2.24) is 0 Å². The zero-order chi connectivity index (χ0) is 74.7. The predicted molar refractivity (Wildman–Crippen MR) is 372 cm³/mol. The Labute approximate surface area is 607 Å². The minimum Gasteiger partial charge on any atom is -0.493 e. The van der Waals surface area contributed by atoms with Crippen molar-refractivity contribution in [2.45, 2.75) is 253 Å².